The van der Waals surface area contributed by atoms with Crippen LogP contribution in [0.15, 0.2) is 54.6 Å². The molecule has 23 heavy (non-hydrogen) atoms. The van der Waals surface area contributed by atoms with Crippen LogP contribution in [0, 0.1) is 5.41 Å². The summed E-state index contributed by atoms with van der Waals surface area (Å²) in [6, 6.07) is 17.9. The fraction of sp³-hybridized carbons (Fsp3) is 0.350. The molecule has 0 spiro atoms. The summed E-state index contributed by atoms with van der Waals surface area (Å²) in [6.07, 6.45) is 0. The molecule has 2 aromatic carbocycles. The van der Waals surface area contributed by atoms with Crippen LogP contribution in [0.5, 0.6) is 0 Å². The molecular formula is C20H26N2O. The molecule has 0 unspecified atom stereocenters. The molecule has 0 fully saturated rings. The average molecular weight is 310 g/mol. The predicted octanol–water partition coefficient (Wildman–Crippen LogP) is 3.67. The lowest BCUT2D eigenvalue weighted by Gasteiger charge is -2.28. The van der Waals surface area contributed by atoms with Crippen LogP contribution in [0.25, 0.3) is 11.1 Å². The van der Waals surface area contributed by atoms with E-state index in [2.05, 4.69) is 36.2 Å². The maximum Gasteiger partial charge on any atom is 0.251 e. The lowest BCUT2D eigenvalue weighted by molar-refractivity contribution is 0.0929. The van der Waals surface area contributed by atoms with Crippen molar-refractivity contribution in [3.8, 4) is 11.1 Å². The van der Waals surface area contributed by atoms with E-state index in [-0.39, 0.29) is 11.3 Å². The third-order valence-corrected chi connectivity index (χ3v) is 3.73. The van der Waals surface area contributed by atoms with Crippen molar-refractivity contribution in [1.82, 2.24) is 10.2 Å². The SMILES string of the molecule is CN(C)CC(C)(C)CNC(=O)c1ccc(-c2ccccc2)cc1. The van der Waals surface area contributed by atoms with Gasteiger partial charge >= 0.3 is 0 Å². The van der Waals surface area contributed by atoms with E-state index in [1.54, 1.807) is 0 Å². The second kappa shape index (κ2) is 7.42. The molecule has 3 nitrogen and oxygen atoms in total. The molecule has 2 rings (SSSR count). The van der Waals surface area contributed by atoms with Crippen molar-refractivity contribution in [1.29, 1.82) is 0 Å². The van der Waals surface area contributed by atoms with Crippen LogP contribution in [0.3, 0.4) is 0 Å². The summed E-state index contributed by atoms with van der Waals surface area (Å²) in [5, 5.41) is 3.04. The summed E-state index contributed by atoms with van der Waals surface area (Å²) in [6.45, 7) is 5.90. The molecule has 1 amide bonds. The molecule has 2 aromatic rings. The summed E-state index contributed by atoms with van der Waals surface area (Å²) in [5.41, 5.74) is 3.02. The van der Waals surface area contributed by atoms with Gasteiger partial charge in [0.15, 0.2) is 0 Å². The van der Waals surface area contributed by atoms with Gasteiger partial charge < -0.3 is 10.2 Å². The van der Waals surface area contributed by atoms with Crippen LogP contribution in [-0.2, 0) is 0 Å². The Labute approximate surface area is 139 Å². The van der Waals surface area contributed by atoms with Gasteiger partial charge in [-0.15, -0.1) is 0 Å². The topological polar surface area (TPSA) is 32.3 Å². The maximum atomic E-state index is 12.3. The standard InChI is InChI=1S/C20H26N2O/c1-20(2,15-22(3)4)14-21-19(23)18-12-10-17(11-13-18)16-8-6-5-7-9-16/h5-13H,14-15H2,1-4H3,(H,21,23). The van der Waals surface area contributed by atoms with E-state index in [0.29, 0.717) is 12.1 Å². The molecule has 0 saturated heterocycles. The Hall–Kier alpha value is -2.13. The van der Waals surface area contributed by atoms with E-state index in [1.165, 1.54) is 0 Å². The normalized spacial score (nSPS) is 11.5. The van der Waals surface area contributed by atoms with Gasteiger partial charge in [0.05, 0.1) is 0 Å². The highest BCUT2D eigenvalue weighted by Crippen LogP contribution is 2.19. The number of nitrogens with one attached hydrogen (secondary N) is 1. The van der Waals surface area contributed by atoms with Crippen molar-refractivity contribution in [3.63, 3.8) is 0 Å². The molecule has 0 aliphatic heterocycles. The quantitative estimate of drug-likeness (QED) is 0.883. The van der Waals surface area contributed by atoms with E-state index in [9.17, 15) is 4.79 Å². The first-order valence-electron chi connectivity index (χ1n) is 7.96. The highest BCUT2D eigenvalue weighted by Gasteiger charge is 2.20. The van der Waals surface area contributed by atoms with Gasteiger partial charge in [-0.3, -0.25) is 4.79 Å². The summed E-state index contributed by atoms with van der Waals surface area (Å²) in [7, 11) is 4.09. The first-order valence-corrected chi connectivity index (χ1v) is 7.96. The monoisotopic (exact) mass is 310 g/mol. The van der Waals surface area contributed by atoms with Crippen molar-refractivity contribution < 1.29 is 4.79 Å². The number of carbonyl (C=O) groups excluding carboxylic acids is 1. The van der Waals surface area contributed by atoms with Gasteiger partial charge in [-0.1, -0.05) is 56.3 Å². The Kier molecular flexibility index (Phi) is 5.56. The van der Waals surface area contributed by atoms with Crippen LogP contribution in [-0.4, -0.2) is 38.0 Å². The van der Waals surface area contributed by atoms with Gasteiger partial charge in [0, 0.05) is 18.7 Å². The van der Waals surface area contributed by atoms with Gasteiger partial charge in [-0.2, -0.15) is 0 Å². The molecule has 0 aliphatic rings. The van der Waals surface area contributed by atoms with Crippen LogP contribution >= 0.6 is 0 Å². The summed E-state index contributed by atoms with van der Waals surface area (Å²) in [4.78, 5) is 14.4. The second-order valence-corrected chi connectivity index (χ2v) is 7.03. The van der Waals surface area contributed by atoms with Gasteiger partial charge in [-0.05, 0) is 42.8 Å². The van der Waals surface area contributed by atoms with Crippen LogP contribution in [0.4, 0.5) is 0 Å². The highest BCUT2D eigenvalue weighted by atomic mass is 16.1. The predicted molar refractivity (Wildman–Crippen MR) is 96.5 cm³/mol. The number of hydrogen-bond acceptors (Lipinski definition) is 2. The van der Waals surface area contributed by atoms with E-state index in [1.807, 2.05) is 56.6 Å². The Bertz CT molecular complexity index is 630. The molecule has 0 bridgehead atoms. The van der Waals surface area contributed by atoms with E-state index >= 15 is 0 Å². The van der Waals surface area contributed by atoms with Crippen molar-refractivity contribution in [2.75, 3.05) is 27.2 Å². The molecule has 0 radical (unpaired) electrons. The third-order valence-electron chi connectivity index (χ3n) is 3.73. The number of nitrogens with zero attached hydrogens (tertiary/aromatic N) is 1. The lowest BCUT2D eigenvalue weighted by atomic mass is 9.93. The number of rotatable bonds is 6. The van der Waals surface area contributed by atoms with Crippen LogP contribution < -0.4 is 5.32 Å². The van der Waals surface area contributed by atoms with Crippen LogP contribution in [0.1, 0.15) is 24.2 Å². The Morgan fingerprint density at radius 1 is 0.957 bits per heavy atom. The zero-order valence-electron chi connectivity index (χ0n) is 14.5. The number of benzene rings is 2. The van der Waals surface area contributed by atoms with E-state index < -0.39 is 0 Å². The minimum absolute atomic E-state index is 0.0172. The third kappa shape index (κ3) is 5.22. The zero-order chi connectivity index (χ0) is 16.9. The minimum atomic E-state index is -0.0172. The number of amides is 1. The van der Waals surface area contributed by atoms with Crippen molar-refractivity contribution in [2.24, 2.45) is 5.41 Å². The molecule has 122 valence electrons. The second-order valence-electron chi connectivity index (χ2n) is 7.03. The molecule has 1 N–H and O–H groups in total. The summed E-state index contributed by atoms with van der Waals surface area (Å²) in [5.74, 6) is -0.0172. The Morgan fingerprint density at radius 2 is 1.52 bits per heavy atom. The minimum Gasteiger partial charge on any atom is -0.351 e. The zero-order valence-corrected chi connectivity index (χ0v) is 14.5. The fourth-order valence-electron chi connectivity index (χ4n) is 2.78. The molecule has 0 aromatic heterocycles. The first kappa shape index (κ1) is 17.2. The van der Waals surface area contributed by atoms with Gasteiger partial charge in [0.25, 0.3) is 5.91 Å². The van der Waals surface area contributed by atoms with Crippen LogP contribution in [0.2, 0.25) is 0 Å². The molecule has 0 atom stereocenters. The molecule has 0 saturated carbocycles. The largest absolute Gasteiger partial charge is 0.351 e. The lowest BCUT2D eigenvalue weighted by Crippen LogP contribution is -2.39. The Balaban J connectivity index is 1.98. The molecule has 0 heterocycles. The van der Waals surface area contributed by atoms with E-state index in [4.69, 9.17) is 0 Å². The van der Waals surface area contributed by atoms with Gasteiger partial charge in [0.2, 0.25) is 0 Å². The van der Waals surface area contributed by atoms with Crippen molar-refractivity contribution in [3.05, 3.63) is 60.2 Å². The smallest absolute Gasteiger partial charge is 0.251 e. The first-order chi connectivity index (χ1) is 10.9. The summed E-state index contributed by atoms with van der Waals surface area (Å²) < 4.78 is 0. The summed E-state index contributed by atoms with van der Waals surface area (Å²) >= 11 is 0. The number of hydrogen-bond donors (Lipinski definition) is 1. The molecule has 0 aliphatic carbocycles. The molecular weight excluding hydrogens is 284 g/mol. The van der Waals surface area contributed by atoms with Gasteiger partial charge in [0.1, 0.15) is 0 Å². The number of carbonyl (C=O) groups is 1. The highest BCUT2D eigenvalue weighted by molar-refractivity contribution is 5.94. The Morgan fingerprint density at radius 3 is 2.09 bits per heavy atom. The fourth-order valence-corrected chi connectivity index (χ4v) is 2.78. The average Bonchev–Trinajstić information content (AvgIpc) is 2.52. The molecule has 3 heteroatoms. The maximum absolute atomic E-state index is 12.3. The van der Waals surface area contributed by atoms with Crippen molar-refractivity contribution >= 4 is 5.91 Å². The van der Waals surface area contributed by atoms with Crippen molar-refractivity contribution in [2.45, 2.75) is 13.8 Å². The van der Waals surface area contributed by atoms with Gasteiger partial charge in [-0.25, -0.2) is 0 Å². The van der Waals surface area contributed by atoms with E-state index in [0.717, 1.165) is 17.7 Å².